The van der Waals surface area contributed by atoms with Crippen LogP contribution in [0.4, 0.5) is 0 Å². The first-order chi connectivity index (χ1) is 9.74. The molecule has 1 unspecified atom stereocenters. The zero-order chi connectivity index (χ0) is 13.9. The molecule has 5 heteroatoms. The van der Waals surface area contributed by atoms with E-state index in [1.54, 1.807) is 18.6 Å². The fourth-order valence-corrected chi connectivity index (χ4v) is 2.10. The molecule has 20 heavy (non-hydrogen) atoms. The maximum atomic E-state index is 11.4. The number of rotatable bonds is 3. The largest absolute Gasteiger partial charge is 0.440 e. The summed E-state index contributed by atoms with van der Waals surface area (Å²) in [5.41, 5.74) is 1.42. The molecule has 0 aliphatic carbocycles. The number of furan rings is 1. The van der Waals surface area contributed by atoms with Crippen LogP contribution in [0.3, 0.4) is 0 Å². The van der Waals surface area contributed by atoms with Gasteiger partial charge in [0.2, 0.25) is 11.6 Å². The second kappa shape index (κ2) is 5.13. The first kappa shape index (κ1) is 12.3. The van der Waals surface area contributed by atoms with E-state index in [0.717, 1.165) is 10.9 Å². The van der Waals surface area contributed by atoms with Crippen LogP contribution in [-0.2, 0) is 4.79 Å². The number of nitrogens with one attached hydrogen (secondary N) is 1. The highest BCUT2D eigenvalue weighted by Crippen LogP contribution is 2.26. The normalized spacial score (nSPS) is 12.2. The number of fused-ring (bicyclic) bond motifs is 1. The predicted octanol–water partition coefficient (Wildman–Crippen LogP) is 2.45. The minimum absolute atomic E-state index is 0.132. The number of pyridine rings is 2. The number of hydrogen-bond acceptors (Lipinski definition) is 4. The van der Waals surface area contributed by atoms with Crippen LogP contribution in [0.15, 0.2) is 53.3 Å². The summed E-state index contributed by atoms with van der Waals surface area (Å²) in [5, 5.41) is 3.78. The quantitative estimate of drug-likeness (QED) is 0.791. The molecule has 5 nitrogen and oxygen atoms in total. The Balaban J connectivity index is 2.06. The van der Waals surface area contributed by atoms with Crippen molar-refractivity contribution in [3.63, 3.8) is 0 Å². The van der Waals surface area contributed by atoms with Gasteiger partial charge in [0.05, 0.1) is 0 Å². The third kappa shape index (κ3) is 2.38. The second-order valence-corrected chi connectivity index (χ2v) is 4.47. The van der Waals surface area contributed by atoms with Crippen LogP contribution >= 0.6 is 0 Å². The maximum absolute atomic E-state index is 11.4. The van der Waals surface area contributed by atoms with E-state index in [9.17, 15) is 4.79 Å². The van der Waals surface area contributed by atoms with E-state index in [1.807, 2.05) is 30.3 Å². The van der Waals surface area contributed by atoms with Gasteiger partial charge >= 0.3 is 0 Å². The number of carbonyl (C=O) groups excluding carboxylic acids is 1. The molecule has 0 radical (unpaired) electrons. The molecule has 0 aromatic carbocycles. The molecule has 3 aromatic rings. The summed E-state index contributed by atoms with van der Waals surface area (Å²) in [4.78, 5) is 19.7. The third-order valence-corrected chi connectivity index (χ3v) is 2.96. The van der Waals surface area contributed by atoms with Gasteiger partial charge in [-0.3, -0.25) is 9.78 Å². The molecule has 0 fully saturated rings. The molecule has 3 heterocycles. The summed E-state index contributed by atoms with van der Waals surface area (Å²) in [6, 6.07) is 9.01. The molecule has 0 aliphatic heterocycles. The van der Waals surface area contributed by atoms with Gasteiger partial charge in [-0.2, -0.15) is 0 Å². The first-order valence-electron chi connectivity index (χ1n) is 6.25. The van der Waals surface area contributed by atoms with Crippen molar-refractivity contribution in [2.45, 2.75) is 13.0 Å². The van der Waals surface area contributed by atoms with Gasteiger partial charge in [-0.15, -0.1) is 0 Å². The lowest BCUT2D eigenvalue weighted by atomic mass is 10.1. The fourth-order valence-electron chi connectivity index (χ4n) is 2.10. The van der Waals surface area contributed by atoms with Crippen LogP contribution in [0, 0.1) is 0 Å². The van der Waals surface area contributed by atoms with E-state index in [1.165, 1.54) is 6.92 Å². The Morgan fingerprint density at radius 3 is 2.85 bits per heavy atom. The van der Waals surface area contributed by atoms with E-state index < -0.39 is 0 Å². The number of aromatic nitrogens is 2. The van der Waals surface area contributed by atoms with Crippen molar-refractivity contribution in [3.05, 3.63) is 60.2 Å². The Labute approximate surface area is 115 Å². The standard InChI is InChI=1S/C15H13N3O2/c1-10(19)18-14(12-5-2-6-16-9-12)13-8-11-4-3-7-17-15(11)20-13/h2-9,14H,1H3,(H,18,19). The van der Waals surface area contributed by atoms with Crippen molar-refractivity contribution in [1.29, 1.82) is 0 Å². The molecule has 0 saturated heterocycles. The summed E-state index contributed by atoms with van der Waals surface area (Å²) in [6.45, 7) is 1.48. The highest BCUT2D eigenvalue weighted by Gasteiger charge is 2.20. The van der Waals surface area contributed by atoms with Crippen LogP contribution in [-0.4, -0.2) is 15.9 Å². The second-order valence-electron chi connectivity index (χ2n) is 4.47. The molecular weight excluding hydrogens is 254 g/mol. The lowest BCUT2D eigenvalue weighted by Gasteiger charge is -2.15. The van der Waals surface area contributed by atoms with E-state index in [-0.39, 0.29) is 11.9 Å². The summed E-state index contributed by atoms with van der Waals surface area (Å²) in [6.07, 6.45) is 5.07. The Bertz CT molecular complexity index is 704. The predicted molar refractivity (Wildman–Crippen MR) is 73.9 cm³/mol. The molecule has 0 bridgehead atoms. The molecule has 0 aliphatic rings. The van der Waals surface area contributed by atoms with Gasteiger partial charge < -0.3 is 9.73 Å². The smallest absolute Gasteiger partial charge is 0.226 e. The number of hydrogen-bond donors (Lipinski definition) is 1. The minimum atomic E-state index is -0.365. The highest BCUT2D eigenvalue weighted by atomic mass is 16.3. The molecular formula is C15H13N3O2. The van der Waals surface area contributed by atoms with E-state index in [2.05, 4.69) is 15.3 Å². The van der Waals surface area contributed by atoms with Crippen LogP contribution < -0.4 is 5.32 Å². The van der Waals surface area contributed by atoms with Gasteiger partial charge in [0.25, 0.3) is 0 Å². The van der Waals surface area contributed by atoms with Gasteiger partial charge in [0, 0.05) is 36.5 Å². The Morgan fingerprint density at radius 2 is 2.15 bits per heavy atom. The average Bonchev–Trinajstić information content (AvgIpc) is 2.89. The molecule has 0 spiro atoms. The summed E-state index contributed by atoms with van der Waals surface area (Å²) < 4.78 is 5.73. The third-order valence-electron chi connectivity index (χ3n) is 2.96. The lowest BCUT2D eigenvalue weighted by molar-refractivity contribution is -0.119. The van der Waals surface area contributed by atoms with Crippen LogP contribution in [0.25, 0.3) is 11.1 Å². The van der Waals surface area contributed by atoms with E-state index in [4.69, 9.17) is 4.42 Å². The number of carbonyl (C=O) groups is 1. The minimum Gasteiger partial charge on any atom is -0.440 e. The van der Waals surface area contributed by atoms with Gasteiger partial charge in [-0.1, -0.05) is 6.07 Å². The van der Waals surface area contributed by atoms with Crippen molar-refractivity contribution in [2.75, 3.05) is 0 Å². The maximum Gasteiger partial charge on any atom is 0.226 e. The molecule has 100 valence electrons. The van der Waals surface area contributed by atoms with Crippen LogP contribution in [0.5, 0.6) is 0 Å². The summed E-state index contributed by atoms with van der Waals surface area (Å²) >= 11 is 0. The van der Waals surface area contributed by atoms with Crippen molar-refractivity contribution in [2.24, 2.45) is 0 Å². The monoisotopic (exact) mass is 267 g/mol. The van der Waals surface area contributed by atoms with E-state index in [0.29, 0.717) is 11.5 Å². The van der Waals surface area contributed by atoms with Gasteiger partial charge in [-0.05, 0) is 24.3 Å². The molecule has 1 amide bonds. The van der Waals surface area contributed by atoms with Crippen LogP contribution in [0.2, 0.25) is 0 Å². The van der Waals surface area contributed by atoms with E-state index >= 15 is 0 Å². The summed E-state index contributed by atoms with van der Waals surface area (Å²) in [7, 11) is 0. The zero-order valence-electron chi connectivity index (χ0n) is 10.9. The molecule has 3 rings (SSSR count). The Morgan fingerprint density at radius 1 is 1.30 bits per heavy atom. The highest BCUT2D eigenvalue weighted by molar-refractivity contribution is 5.76. The van der Waals surface area contributed by atoms with Gasteiger partial charge in [0.15, 0.2) is 0 Å². The van der Waals surface area contributed by atoms with Crippen molar-refractivity contribution in [3.8, 4) is 0 Å². The number of amides is 1. The summed E-state index contributed by atoms with van der Waals surface area (Å²) in [5.74, 6) is 0.508. The van der Waals surface area contributed by atoms with Gasteiger partial charge in [-0.25, -0.2) is 4.98 Å². The molecule has 0 saturated carbocycles. The van der Waals surface area contributed by atoms with Crippen molar-refractivity contribution in [1.82, 2.24) is 15.3 Å². The first-order valence-corrected chi connectivity index (χ1v) is 6.25. The Hall–Kier alpha value is -2.69. The number of nitrogens with zero attached hydrogens (tertiary/aromatic N) is 2. The molecule has 1 N–H and O–H groups in total. The molecule has 1 atom stereocenters. The SMILES string of the molecule is CC(=O)NC(c1cccnc1)c1cc2cccnc2o1. The van der Waals surface area contributed by atoms with Crippen molar-refractivity contribution < 1.29 is 9.21 Å². The van der Waals surface area contributed by atoms with Crippen LogP contribution in [0.1, 0.15) is 24.3 Å². The van der Waals surface area contributed by atoms with Gasteiger partial charge in [0.1, 0.15) is 11.8 Å². The zero-order valence-corrected chi connectivity index (χ0v) is 10.9. The van der Waals surface area contributed by atoms with Crippen molar-refractivity contribution >= 4 is 17.0 Å². The average molecular weight is 267 g/mol. The topological polar surface area (TPSA) is 68.0 Å². The fraction of sp³-hybridized carbons (Fsp3) is 0.133. The molecule has 3 aromatic heterocycles. The lowest BCUT2D eigenvalue weighted by Crippen LogP contribution is -2.26. The Kier molecular flexibility index (Phi) is 3.16.